The zero-order valence-electron chi connectivity index (χ0n) is 20.7. The second-order valence-corrected chi connectivity index (χ2v) is 9.88. The average molecular weight is 458 g/mol. The molecule has 1 atom stereocenters. The van der Waals surface area contributed by atoms with E-state index in [-0.39, 0.29) is 12.5 Å². The predicted molar refractivity (Wildman–Crippen MR) is 133 cm³/mol. The van der Waals surface area contributed by atoms with Crippen LogP contribution in [-0.2, 0) is 0 Å². The Morgan fingerprint density at radius 1 is 1.03 bits per heavy atom. The van der Waals surface area contributed by atoms with Crippen LogP contribution >= 0.6 is 0 Å². The summed E-state index contributed by atoms with van der Waals surface area (Å²) in [6, 6.07) is 8.23. The van der Waals surface area contributed by atoms with E-state index in [9.17, 15) is 5.11 Å². The number of piperazine rings is 1. The van der Waals surface area contributed by atoms with E-state index in [0.29, 0.717) is 6.42 Å². The van der Waals surface area contributed by atoms with E-state index >= 15 is 0 Å². The van der Waals surface area contributed by atoms with Gasteiger partial charge >= 0.3 is 0 Å². The van der Waals surface area contributed by atoms with Crippen molar-refractivity contribution in [2.45, 2.75) is 57.8 Å². The smallest absolute Gasteiger partial charge is 0.142 e. The fourth-order valence-electron chi connectivity index (χ4n) is 5.51. The number of hydrogen-bond acceptors (Lipinski definition) is 6. The van der Waals surface area contributed by atoms with E-state index < -0.39 is 0 Å². The van der Waals surface area contributed by atoms with Gasteiger partial charge in [0.25, 0.3) is 0 Å². The van der Waals surface area contributed by atoms with Crippen LogP contribution in [-0.4, -0.2) is 63.6 Å². The molecule has 1 unspecified atom stereocenters. The van der Waals surface area contributed by atoms with Crippen molar-refractivity contribution >= 4 is 5.69 Å². The molecule has 6 heteroatoms. The molecule has 1 saturated heterocycles. The summed E-state index contributed by atoms with van der Waals surface area (Å²) in [7, 11) is 3.44. The van der Waals surface area contributed by atoms with Gasteiger partial charge in [0.1, 0.15) is 11.5 Å². The maximum absolute atomic E-state index is 9.34. The lowest BCUT2D eigenvalue weighted by Crippen LogP contribution is -2.47. The van der Waals surface area contributed by atoms with Crippen molar-refractivity contribution in [1.29, 1.82) is 5.26 Å². The summed E-state index contributed by atoms with van der Waals surface area (Å²) in [6.45, 7) is 5.62. The number of rotatable bonds is 12. The molecule has 1 heterocycles. The van der Waals surface area contributed by atoms with E-state index in [2.05, 4.69) is 21.9 Å². The average Bonchev–Trinajstić information content (AvgIpc) is 2.87. The minimum atomic E-state index is 0.154. The first-order chi connectivity index (χ1) is 16.2. The standard InChI is InChI=1S/C27H43N3O3/c1-32-25-10-11-27(33-2)26(20-25)30-18-16-29(17-19-30)15-13-23-8-6-22(7-9-23)4-3-5-24(21-31)12-14-28/h10-11,20,22-24,31H,3-9,12-13,15-19,21H2,1-2H3. The molecule has 0 spiro atoms. The normalized spacial score (nSPS) is 22.5. The lowest BCUT2D eigenvalue weighted by molar-refractivity contribution is 0.192. The van der Waals surface area contributed by atoms with Crippen LogP contribution in [0, 0.1) is 29.1 Å². The van der Waals surface area contributed by atoms with Gasteiger partial charge < -0.3 is 19.5 Å². The van der Waals surface area contributed by atoms with Gasteiger partial charge in [0, 0.05) is 45.3 Å². The molecule has 2 aliphatic rings. The lowest BCUT2D eigenvalue weighted by atomic mass is 9.78. The molecule has 184 valence electrons. The van der Waals surface area contributed by atoms with Crippen molar-refractivity contribution in [3.05, 3.63) is 18.2 Å². The van der Waals surface area contributed by atoms with Gasteiger partial charge in [-0.2, -0.15) is 5.26 Å². The largest absolute Gasteiger partial charge is 0.497 e. The minimum Gasteiger partial charge on any atom is -0.497 e. The molecule has 1 N–H and O–H groups in total. The number of nitrogens with zero attached hydrogens (tertiary/aromatic N) is 3. The predicted octanol–water partition coefficient (Wildman–Crippen LogP) is 4.71. The molecule has 2 fully saturated rings. The Labute approximate surface area is 200 Å². The highest BCUT2D eigenvalue weighted by Crippen LogP contribution is 2.35. The molecule has 1 aliphatic heterocycles. The van der Waals surface area contributed by atoms with Crippen molar-refractivity contribution in [2.24, 2.45) is 17.8 Å². The molecule has 0 radical (unpaired) electrons. The number of ether oxygens (including phenoxy) is 2. The van der Waals surface area contributed by atoms with E-state index in [1.165, 1.54) is 45.1 Å². The number of aliphatic hydroxyl groups excluding tert-OH is 1. The number of aliphatic hydroxyl groups is 1. The fourth-order valence-corrected chi connectivity index (χ4v) is 5.51. The van der Waals surface area contributed by atoms with Crippen LogP contribution in [0.1, 0.15) is 57.8 Å². The third-order valence-corrected chi connectivity index (χ3v) is 7.78. The van der Waals surface area contributed by atoms with Crippen molar-refractivity contribution < 1.29 is 14.6 Å². The van der Waals surface area contributed by atoms with Gasteiger partial charge in [0.15, 0.2) is 0 Å². The summed E-state index contributed by atoms with van der Waals surface area (Å²) in [5, 5.41) is 18.2. The highest BCUT2D eigenvalue weighted by Gasteiger charge is 2.24. The van der Waals surface area contributed by atoms with Crippen LogP contribution in [0.2, 0.25) is 0 Å². The van der Waals surface area contributed by atoms with Gasteiger partial charge in [-0.3, -0.25) is 4.90 Å². The van der Waals surface area contributed by atoms with E-state index in [0.717, 1.165) is 68.0 Å². The Bertz CT molecular complexity index is 735. The summed E-state index contributed by atoms with van der Waals surface area (Å²) in [6.07, 6.45) is 10.7. The number of nitriles is 1. The van der Waals surface area contributed by atoms with Crippen LogP contribution in [0.25, 0.3) is 0 Å². The Hall–Kier alpha value is -1.97. The molecular weight excluding hydrogens is 414 g/mol. The van der Waals surface area contributed by atoms with Crippen LogP contribution in [0.4, 0.5) is 5.69 Å². The Morgan fingerprint density at radius 3 is 2.33 bits per heavy atom. The van der Waals surface area contributed by atoms with Gasteiger partial charge in [0.05, 0.1) is 26.0 Å². The Morgan fingerprint density at radius 2 is 1.73 bits per heavy atom. The SMILES string of the molecule is COc1ccc(OC)c(N2CCN(CCC3CCC(CCCC(CO)CC#N)CC3)CC2)c1. The Kier molecular flexibility index (Phi) is 10.6. The number of methoxy groups -OCH3 is 2. The second kappa shape index (κ2) is 13.7. The molecule has 0 amide bonds. The first-order valence-corrected chi connectivity index (χ1v) is 12.8. The third kappa shape index (κ3) is 7.79. The molecule has 6 nitrogen and oxygen atoms in total. The van der Waals surface area contributed by atoms with Crippen molar-refractivity contribution in [1.82, 2.24) is 4.90 Å². The zero-order chi connectivity index (χ0) is 23.5. The second-order valence-electron chi connectivity index (χ2n) is 9.88. The first-order valence-electron chi connectivity index (χ1n) is 12.8. The summed E-state index contributed by atoms with van der Waals surface area (Å²) < 4.78 is 11.0. The number of anilines is 1. The topological polar surface area (TPSA) is 69.0 Å². The van der Waals surface area contributed by atoms with Crippen molar-refractivity contribution in [3.8, 4) is 17.6 Å². The van der Waals surface area contributed by atoms with Gasteiger partial charge in [0.2, 0.25) is 0 Å². The van der Waals surface area contributed by atoms with Crippen LogP contribution < -0.4 is 14.4 Å². The van der Waals surface area contributed by atoms with Crippen LogP contribution in [0.5, 0.6) is 11.5 Å². The molecule has 0 bridgehead atoms. The number of hydrogen-bond donors (Lipinski definition) is 1. The molecule has 3 rings (SSSR count). The van der Waals surface area contributed by atoms with Gasteiger partial charge in [-0.05, 0) is 49.3 Å². The summed E-state index contributed by atoms with van der Waals surface area (Å²) >= 11 is 0. The molecule has 1 aromatic carbocycles. The fraction of sp³-hybridized carbons (Fsp3) is 0.741. The van der Waals surface area contributed by atoms with E-state index in [1.54, 1.807) is 14.2 Å². The highest BCUT2D eigenvalue weighted by atomic mass is 16.5. The molecule has 33 heavy (non-hydrogen) atoms. The monoisotopic (exact) mass is 457 g/mol. The minimum absolute atomic E-state index is 0.154. The quantitative estimate of drug-likeness (QED) is 0.490. The summed E-state index contributed by atoms with van der Waals surface area (Å²) in [5.74, 6) is 3.69. The van der Waals surface area contributed by atoms with E-state index in [4.69, 9.17) is 14.7 Å². The van der Waals surface area contributed by atoms with Crippen molar-refractivity contribution in [3.63, 3.8) is 0 Å². The van der Waals surface area contributed by atoms with Crippen molar-refractivity contribution in [2.75, 3.05) is 58.5 Å². The molecule has 1 aliphatic carbocycles. The zero-order valence-corrected chi connectivity index (χ0v) is 20.7. The molecular formula is C27H43N3O3. The Balaban J connectivity index is 1.32. The third-order valence-electron chi connectivity index (χ3n) is 7.78. The maximum Gasteiger partial charge on any atom is 0.142 e. The summed E-state index contributed by atoms with van der Waals surface area (Å²) in [5.41, 5.74) is 1.13. The van der Waals surface area contributed by atoms with Gasteiger partial charge in [-0.15, -0.1) is 0 Å². The first kappa shape index (κ1) is 25.6. The summed E-state index contributed by atoms with van der Waals surface area (Å²) in [4.78, 5) is 5.04. The number of benzene rings is 1. The highest BCUT2D eigenvalue weighted by molar-refractivity contribution is 5.62. The van der Waals surface area contributed by atoms with Crippen LogP contribution in [0.3, 0.4) is 0 Å². The lowest BCUT2D eigenvalue weighted by Gasteiger charge is -2.37. The van der Waals surface area contributed by atoms with Gasteiger partial charge in [-0.1, -0.05) is 38.5 Å². The molecule has 1 aromatic rings. The van der Waals surface area contributed by atoms with Gasteiger partial charge in [-0.25, -0.2) is 0 Å². The molecule has 0 aromatic heterocycles. The van der Waals surface area contributed by atoms with E-state index in [1.807, 2.05) is 12.1 Å². The maximum atomic E-state index is 9.34. The van der Waals surface area contributed by atoms with Crippen LogP contribution in [0.15, 0.2) is 18.2 Å². The molecule has 1 saturated carbocycles.